The Morgan fingerprint density at radius 2 is 2.04 bits per heavy atom. The van der Waals surface area contributed by atoms with Gasteiger partial charge in [-0.3, -0.25) is 4.79 Å². The summed E-state index contributed by atoms with van der Waals surface area (Å²) in [6, 6.07) is 9.30. The topological polar surface area (TPSA) is 57.8 Å². The molecule has 4 nitrogen and oxygen atoms in total. The van der Waals surface area contributed by atoms with Crippen LogP contribution in [0.5, 0.6) is 0 Å². The second kappa shape index (κ2) is 6.67. The SMILES string of the molecule is O=C(CSc1nc2cc(F)c(F)cc2[nH]1)Nc1cccc(Br)c1. The maximum absolute atomic E-state index is 13.1. The van der Waals surface area contributed by atoms with Crippen molar-refractivity contribution < 1.29 is 13.6 Å². The molecule has 1 aromatic heterocycles. The second-order valence-electron chi connectivity index (χ2n) is 4.67. The van der Waals surface area contributed by atoms with Gasteiger partial charge in [0.1, 0.15) is 0 Å². The number of imidazole rings is 1. The molecule has 0 bridgehead atoms. The summed E-state index contributed by atoms with van der Waals surface area (Å²) in [5.41, 5.74) is 1.39. The Kier molecular flexibility index (Phi) is 4.63. The summed E-state index contributed by atoms with van der Waals surface area (Å²) < 4.78 is 27.2. The number of aromatic nitrogens is 2. The summed E-state index contributed by atoms with van der Waals surface area (Å²) in [6.45, 7) is 0. The number of fused-ring (bicyclic) bond motifs is 1. The first kappa shape index (κ1) is 15.9. The minimum absolute atomic E-state index is 0.122. The zero-order valence-corrected chi connectivity index (χ0v) is 14.0. The van der Waals surface area contributed by atoms with Crippen LogP contribution in [0.1, 0.15) is 0 Å². The largest absolute Gasteiger partial charge is 0.333 e. The van der Waals surface area contributed by atoms with E-state index in [1.165, 1.54) is 0 Å². The van der Waals surface area contributed by atoms with Gasteiger partial charge in [-0.05, 0) is 18.2 Å². The Morgan fingerprint density at radius 1 is 1.26 bits per heavy atom. The predicted octanol–water partition coefficient (Wildman–Crippen LogP) is 4.33. The fourth-order valence-electron chi connectivity index (χ4n) is 1.95. The summed E-state index contributed by atoms with van der Waals surface area (Å²) in [5, 5.41) is 3.18. The van der Waals surface area contributed by atoms with Crippen LogP contribution in [0.3, 0.4) is 0 Å². The highest BCUT2D eigenvalue weighted by molar-refractivity contribution is 9.10. The molecule has 23 heavy (non-hydrogen) atoms. The van der Waals surface area contributed by atoms with Crippen molar-refractivity contribution in [2.75, 3.05) is 11.1 Å². The van der Waals surface area contributed by atoms with Gasteiger partial charge in [0.25, 0.3) is 0 Å². The third kappa shape index (κ3) is 3.89. The lowest BCUT2D eigenvalue weighted by molar-refractivity contribution is -0.113. The highest BCUT2D eigenvalue weighted by atomic mass is 79.9. The normalized spacial score (nSPS) is 10.9. The Bertz CT molecular complexity index is 845. The molecule has 0 unspecified atom stereocenters. The van der Waals surface area contributed by atoms with E-state index < -0.39 is 11.6 Å². The van der Waals surface area contributed by atoms with Crippen molar-refractivity contribution in [3.05, 3.63) is 52.5 Å². The number of rotatable bonds is 4. The molecule has 0 aliphatic rings. The lowest BCUT2D eigenvalue weighted by Crippen LogP contribution is -2.14. The minimum atomic E-state index is -0.951. The molecule has 0 atom stereocenters. The molecule has 118 valence electrons. The van der Waals surface area contributed by atoms with Gasteiger partial charge < -0.3 is 10.3 Å². The van der Waals surface area contributed by atoms with E-state index in [0.29, 0.717) is 21.9 Å². The zero-order valence-electron chi connectivity index (χ0n) is 11.6. The van der Waals surface area contributed by atoms with Crippen LogP contribution in [0, 0.1) is 11.6 Å². The molecule has 0 aliphatic carbocycles. The number of aromatic amines is 1. The highest BCUT2D eigenvalue weighted by Gasteiger charge is 2.10. The number of anilines is 1. The van der Waals surface area contributed by atoms with Gasteiger partial charge in [0.2, 0.25) is 5.91 Å². The summed E-state index contributed by atoms with van der Waals surface area (Å²) >= 11 is 4.48. The Hall–Kier alpha value is -1.93. The molecule has 0 radical (unpaired) electrons. The summed E-state index contributed by atoms with van der Waals surface area (Å²) in [5.74, 6) is -1.97. The van der Waals surface area contributed by atoms with E-state index in [0.717, 1.165) is 28.4 Å². The number of H-pyrrole nitrogens is 1. The number of nitrogens with zero attached hydrogens (tertiary/aromatic N) is 1. The number of halogens is 3. The van der Waals surface area contributed by atoms with Crippen LogP contribution >= 0.6 is 27.7 Å². The number of amides is 1. The number of nitrogens with one attached hydrogen (secondary N) is 2. The van der Waals surface area contributed by atoms with E-state index >= 15 is 0 Å². The molecular weight excluding hydrogens is 388 g/mol. The standard InChI is InChI=1S/C15H10BrF2N3OS/c16-8-2-1-3-9(4-8)19-14(22)7-23-15-20-12-5-10(17)11(18)6-13(12)21-15/h1-6H,7H2,(H,19,22)(H,20,21). The van der Waals surface area contributed by atoms with E-state index in [2.05, 4.69) is 31.2 Å². The van der Waals surface area contributed by atoms with Crippen LogP contribution in [-0.4, -0.2) is 21.6 Å². The molecule has 0 aliphatic heterocycles. The maximum Gasteiger partial charge on any atom is 0.234 e. The van der Waals surface area contributed by atoms with E-state index in [-0.39, 0.29) is 11.7 Å². The number of carbonyl (C=O) groups is 1. The van der Waals surface area contributed by atoms with Gasteiger partial charge >= 0.3 is 0 Å². The molecule has 2 aromatic carbocycles. The first-order valence-electron chi connectivity index (χ1n) is 6.54. The van der Waals surface area contributed by atoms with Gasteiger partial charge in [-0.15, -0.1) is 0 Å². The minimum Gasteiger partial charge on any atom is -0.333 e. The smallest absolute Gasteiger partial charge is 0.234 e. The lowest BCUT2D eigenvalue weighted by Gasteiger charge is -2.04. The first-order chi connectivity index (χ1) is 11.0. The Morgan fingerprint density at radius 3 is 2.83 bits per heavy atom. The molecule has 2 N–H and O–H groups in total. The van der Waals surface area contributed by atoms with Gasteiger partial charge in [0, 0.05) is 22.3 Å². The molecule has 8 heteroatoms. The third-order valence-electron chi connectivity index (χ3n) is 2.95. The third-order valence-corrected chi connectivity index (χ3v) is 4.32. The van der Waals surface area contributed by atoms with Gasteiger partial charge in [-0.25, -0.2) is 13.8 Å². The first-order valence-corrected chi connectivity index (χ1v) is 8.32. The second-order valence-corrected chi connectivity index (χ2v) is 6.55. The van der Waals surface area contributed by atoms with E-state index in [9.17, 15) is 13.6 Å². The molecule has 3 rings (SSSR count). The number of carbonyl (C=O) groups excluding carboxylic acids is 1. The summed E-state index contributed by atoms with van der Waals surface area (Å²) in [7, 11) is 0. The molecule has 0 saturated heterocycles. The Balaban J connectivity index is 1.65. The average molecular weight is 398 g/mol. The molecular formula is C15H10BrF2N3OS. The van der Waals surface area contributed by atoms with Gasteiger partial charge in [-0.2, -0.15) is 0 Å². The monoisotopic (exact) mass is 397 g/mol. The van der Waals surface area contributed by atoms with Crippen molar-refractivity contribution in [3.63, 3.8) is 0 Å². The zero-order chi connectivity index (χ0) is 16.4. The summed E-state index contributed by atoms with van der Waals surface area (Å²) in [6.07, 6.45) is 0. The molecule has 0 saturated carbocycles. The van der Waals surface area contributed by atoms with Crippen molar-refractivity contribution >= 4 is 50.3 Å². The van der Waals surface area contributed by atoms with Crippen LogP contribution in [-0.2, 0) is 4.79 Å². The van der Waals surface area contributed by atoms with E-state index in [1.54, 1.807) is 12.1 Å². The van der Waals surface area contributed by atoms with Crippen LogP contribution in [0.25, 0.3) is 11.0 Å². The van der Waals surface area contributed by atoms with Crippen LogP contribution in [0.4, 0.5) is 14.5 Å². The van der Waals surface area contributed by atoms with Crippen LogP contribution < -0.4 is 5.32 Å². The van der Waals surface area contributed by atoms with Gasteiger partial charge in [0.05, 0.1) is 16.8 Å². The fourth-order valence-corrected chi connectivity index (χ4v) is 3.03. The maximum atomic E-state index is 13.1. The van der Waals surface area contributed by atoms with Crippen LogP contribution in [0.15, 0.2) is 46.0 Å². The van der Waals surface area contributed by atoms with Crippen molar-refractivity contribution in [1.29, 1.82) is 0 Å². The van der Waals surface area contributed by atoms with Crippen LogP contribution in [0.2, 0.25) is 0 Å². The molecule has 0 spiro atoms. The van der Waals surface area contributed by atoms with Crippen molar-refractivity contribution in [2.24, 2.45) is 0 Å². The van der Waals surface area contributed by atoms with E-state index in [4.69, 9.17) is 0 Å². The number of hydrogen-bond acceptors (Lipinski definition) is 3. The molecule has 1 amide bonds. The highest BCUT2D eigenvalue weighted by Crippen LogP contribution is 2.22. The van der Waals surface area contributed by atoms with Gasteiger partial charge in [0.15, 0.2) is 16.8 Å². The van der Waals surface area contributed by atoms with Crippen molar-refractivity contribution in [1.82, 2.24) is 9.97 Å². The fraction of sp³-hybridized carbons (Fsp3) is 0.0667. The Labute approximate surface area is 142 Å². The number of thioether (sulfide) groups is 1. The predicted molar refractivity (Wildman–Crippen MR) is 89.5 cm³/mol. The van der Waals surface area contributed by atoms with Crippen molar-refractivity contribution in [3.8, 4) is 0 Å². The molecule has 3 aromatic rings. The van der Waals surface area contributed by atoms with Gasteiger partial charge in [-0.1, -0.05) is 33.8 Å². The van der Waals surface area contributed by atoms with Crippen molar-refractivity contribution in [2.45, 2.75) is 5.16 Å². The molecule has 0 fully saturated rings. The quantitative estimate of drug-likeness (QED) is 0.644. The lowest BCUT2D eigenvalue weighted by atomic mass is 10.3. The van der Waals surface area contributed by atoms with E-state index in [1.807, 2.05) is 12.1 Å². The number of hydrogen-bond donors (Lipinski definition) is 2. The molecule has 1 heterocycles. The number of benzene rings is 2. The summed E-state index contributed by atoms with van der Waals surface area (Å²) in [4.78, 5) is 18.9. The average Bonchev–Trinajstić information content (AvgIpc) is 2.87.